The average molecular weight is 413 g/mol. The molecule has 3 aromatic carbocycles. The van der Waals surface area contributed by atoms with Gasteiger partial charge in [0.1, 0.15) is 18.1 Å². The zero-order valence-electron chi connectivity index (χ0n) is 18.4. The molecular formula is C27H28N2O2. The van der Waals surface area contributed by atoms with E-state index in [2.05, 4.69) is 72.6 Å². The summed E-state index contributed by atoms with van der Waals surface area (Å²) in [5.41, 5.74) is 7.76. The molecule has 1 aliphatic carbocycles. The minimum Gasteiger partial charge on any atom is -0.495 e. The Kier molecular flexibility index (Phi) is 4.09. The van der Waals surface area contributed by atoms with Crippen LogP contribution in [0.15, 0.2) is 42.5 Å². The topological polar surface area (TPSA) is 33.7 Å². The van der Waals surface area contributed by atoms with E-state index in [0.29, 0.717) is 6.61 Å². The van der Waals surface area contributed by atoms with Crippen LogP contribution in [-0.2, 0) is 5.41 Å². The maximum absolute atomic E-state index is 6.27. The summed E-state index contributed by atoms with van der Waals surface area (Å²) < 4.78 is 12.2. The fraction of sp³-hybridized carbons (Fsp3) is 0.333. The van der Waals surface area contributed by atoms with Gasteiger partial charge in [0.2, 0.25) is 0 Å². The Morgan fingerprint density at radius 2 is 1.87 bits per heavy atom. The second-order valence-corrected chi connectivity index (χ2v) is 9.18. The second kappa shape index (κ2) is 6.76. The van der Waals surface area contributed by atoms with Crippen molar-refractivity contribution in [3.63, 3.8) is 0 Å². The maximum Gasteiger partial charge on any atom is 0.142 e. The van der Waals surface area contributed by atoms with Gasteiger partial charge in [-0.2, -0.15) is 0 Å². The molecule has 0 spiro atoms. The Morgan fingerprint density at radius 1 is 1.06 bits per heavy atom. The molecule has 0 saturated carbocycles. The van der Waals surface area contributed by atoms with Crippen molar-refractivity contribution in [3.8, 4) is 22.6 Å². The Bertz CT molecular complexity index is 1240. The van der Waals surface area contributed by atoms with E-state index in [1.54, 1.807) is 7.11 Å². The van der Waals surface area contributed by atoms with Crippen LogP contribution in [0.5, 0.6) is 11.5 Å². The minimum atomic E-state index is -0.0790. The van der Waals surface area contributed by atoms with Gasteiger partial charge in [-0.05, 0) is 45.8 Å². The summed E-state index contributed by atoms with van der Waals surface area (Å²) in [5.74, 6) is 1.91. The third-order valence-electron chi connectivity index (χ3n) is 7.16. The number of rotatable bonds is 2. The first-order valence-corrected chi connectivity index (χ1v) is 11.2. The molecule has 158 valence electrons. The van der Waals surface area contributed by atoms with Gasteiger partial charge < -0.3 is 19.7 Å². The lowest BCUT2D eigenvalue weighted by Crippen LogP contribution is -2.43. The van der Waals surface area contributed by atoms with Crippen LogP contribution < -0.4 is 19.7 Å². The summed E-state index contributed by atoms with van der Waals surface area (Å²) in [6, 6.07) is 13.4. The van der Waals surface area contributed by atoms with Gasteiger partial charge in [0, 0.05) is 42.5 Å². The van der Waals surface area contributed by atoms with Crippen molar-refractivity contribution >= 4 is 22.5 Å². The van der Waals surface area contributed by atoms with Crippen LogP contribution in [0.4, 0.5) is 5.69 Å². The van der Waals surface area contributed by atoms with E-state index in [4.69, 9.17) is 9.47 Å². The number of hydrogen-bond acceptors (Lipinski definition) is 4. The number of fused-ring (bicyclic) bond motifs is 8. The quantitative estimate of drug-likeness (QED) is 0.644. The first-order chi connectivity index (χ1) is 15.1. The minimum absolute atomic E-state index is 0.0790. The molecule has 2 aliphatic heterocycles. The van der Waals surface area contributed by atoms with Crippen LogP contribution in [0, 0.1) is 0 Å². The van der Waals surface area contributed by atoms with Crippen molar-refractivity contribution in [3.05, 3.63) is 59.2 Å². The molecule has 0 atom stereocenters. The van der Waals surface area contributed by atoms with Crippen LogP contribution in [-0.4, -0.2) is 39.9 Å². The lowest BCUT2D eigenvalue weighted by molar-refractivity contribution is 0.361. The van der Waals surface area contributed by atoms with Crippen LogP contribution >= 0.6 is 0 Å². The lowest BCUT2D eigenvalue weighted by Gasteiger charge is -2.32. The first kappa shape index (κ1) is 18.8. The molecule has 6 rings (SSSR count). The van der Waals surface area contributed by atoms with Crippen molar-refractivity contribution in [1.29, 1.82) is 0 Å². The zero-order valence-corrected chi connectivity index (χ0v) is 18.4. The van der Waals surface area contributed by atoms with Crippen molar-refractivity contribution in [1.82, 2.24) is 5.32 Å². The number of anilines is 1. The van der Waals surface area contributed by atoms with E-state index in [9.17, 15) is 0 Å². The largest absolute Gasteiger partial charge is 0.495 e. The summed E-state index contributed by atoms with van der Waals surface area (Å²) in [6.45, 7) is 9.24. The molecular weight excluding hydrogens is 384 g/mol. The van der Waals surface area contributed by atoms with Gasteiger partial charge in [-0.1, -0.05) is 44.2 Å². The lowest BCUT2D eigenvalue weighted by atomic mass is 9.78. The van der Waals surface area contributed by atoms with Gasteiger partial charge in [-0.25, -0.2) is 0 Å². The van der Waals surface area contributed by atoms with Crippen molar-refractivity contribution < 1.29 is 9.47 Å². The highest BCUT2D eigenvalue weighted by Gasteiger charge is 2.40. The van der Waals surface area contributed by atoms with Crippen LogP contribution in [0.1, 0.15) is 30.5 Å². The SMILES string of the molecule is COc1cc2c3c(c4c(c2cc1N1CCNCC1)-c1ccccc1C4(C)C)C=CCO3. The van der Waals surface area contributed by atoms with Gasteiger partial charge in [0.15, 0.2) is 0 Å². The van der Waals surface area contributed by atoms with E-state index in [1.807, 2.05) is 0 Å². The predicted octanol–water partition coefficient (Wildman–Crippen LogP) is 4.97. The van der Waals surface area contributed by atoms with Crippen molar-refractivity contribution in [2.75, 3.05) is 44.8 Å². The highest BCUT2D eigenvalue weighted by Crippen LogP contribution is 2.57. The zero-order chi connectivity index (χ0) is 21.2. The molecule has 0 amide bonds. The monoisotopic (exact) mass is 412 g/mol. The maximum atomic E-state index is 6.27. The fourth-order valence-electron chi connectivity index (χ4n) is 5.73. The number of methoxy groups -OCH3 is 1. The molecule has 0 aromatic heterocycles. The Morgan fingerprint density at radius 3 is 2.68 bits per heavy atom. The molecule has 1 fully saturated rings. The molecule has 31 heavy (non-hydrogen) atoms. The van der Waals surface area contributed by atoms with Crippen molar-refractivity contribution in [2.24, 2.45) is 0 Å². The molecule has 3 aromatic rings. The van der Waals surface area contributed by atoms with E-state index in [-0.39, 0.29) is 5.41 Å². The number of ether oxygens (including phenoxy) is 2. The second-order valence-electron chi connectivity index (χ2n) is 9.18. The molecule has 4 heteroatoms. The molecule has 1 N–H and O–H groups in total. The number of piperazine rings is 1. The van der Waals surface area contributed by atoms with Crippen molar-refractivity contribution in [2.45, 2.75) is 19.3 Å². The highest BCUT2D eigenvalue weighted by atomic mass is 16.5. The van der Waals surface area contributed by atoms with Gasteiger partial charge in [-0.3, -0.25) is 0 Å². The van der Waals surface area contributed by atoms with E-state index < -0.39 is 0 Å². The average Bonchev–Trinajstić information content (AvgIpc) is 3.06. The highest BCUT2D eigenvalue weighted by molar-refractivity contribution is 6.10. The summed E-state index contributed by atoms with van der Waals surface area (Å²) in [6.07, 6.45) is 4.38. The molecule has 4 nitrogen and oxygen atoms in total. The van der Waals surface area contributed by atoms with Gasteiger partial charge in [0.25, 0.3) is 0 Å². The molecule has 0 unspecified atom stereocenters. The Balaban J connectivity index is 1.74. The Labute approximate surface area is 183 Å². The molecule has 0 bridgehead atoms. The summed E-state index contributed by atoms with van der Waals surface area (Å²) in [4.78, 5) is 2.44. The van der Waals surface area contributed by atoms with Crippen LogP contribution in [0.3, 0.4) is 0 Å². The first-order valence-electron chi connectivity index (χ1n) is 11.2. The van der Waals surface area contributed by atoms with E-state index in [0.717, 1.165) is 43.1 Å². The molecule has 0 radical (unpaired) electrons. The summed E-state index contributed by atoms with van der Waals surface area (Å²) in [7, 11) is 1.77. The van der Waals surface area contributed by atoms with E-state index >= 15 is 0 Å². The van der Waals surface area contributed by atoms with Gasteiger partial charge in [-0.15, -0.1) is 0 Å². The van der Waals surface area contributed by atoms with Crippen LogP contribution in [0.2, 0.25) is 0 Å². The number of hydrogen-bond donors (Lipinski definition) is 1. The third-order valence-corrected chi connectivity index (χ3v) is 7.16. The smallest absolute Gasteiger partial charge is 0.142 e. The van der Waals surface area contributed by atoms with Crippen LogP contribution in [0.25, 0.3) is 28.0 Å². The fourth-order valence-corrected chi connectivity index (χ4v) is 5.73. The summed E-state index contributed by atoms with van der Waals surface area (Å²) in [5, 5.41) is 5.86. The normalized spacial score (nSPS) is 18.4. The number of nitrogens with one attached hydrogen (secondary N) is 1. The Hall–Kier alpha value is -2.98. The van der Waals surface area contributed by atoms with Gasteiger partial charge >= 0.3 is 0 Å². The molecule has 3 aliphatic rings. The summed E-state index contributed by atoms with van der Waals surface area (Å²) >= 11 is 0. The molecule has 2 heterocycles. The number of benzene rings is 3. The predicted molar refractivity (Wildman–Crippen MR) is 128 cm³/mol. The van der Waals surface area contributed by atoms with Gasteiger partial charge in [0.05, 0.1) is 12.8 Å². The standard InChI is InChI=1S/C27H28N2O2/c1-27(2)21-9-5-4-7-17(21)24-19-15-22(29-12-10-28-11-13-29)23(30-3)16-20(19)26-18(25(24)27)8-6-14-31-26/h4-9,15-16,28H,10-14H2,1-3H3. The van der Waals surface area contributed by atoms with E-state index in [1.165, 1.54) is 38.9 Å². The molecule has 1 saturated heterocycles. The number of nitrogens with zero attached hydrogens (tertiary/aromatic N) is 1. The third kappa shape index (κ3) is 2.58.